The fourth-order valence-electron chi connectivity index (χ4n) is 3.59. The topological polar surface area (TPSA) is 160 Å². The Hall–Kier alpha value is -1.34. The van der Waals surface area contributed by atoms with Gasteiger partial charge in [-0.1, -0.05) is 0 Å². The molecule has 0 amide bonds. The largest absolute Gasteiger partial charge is 0.387 e. The van der Waals surface area contributed by atoms with Crippen molar-refractivity contribution in [3.8, 4) is 0 Å². The molecule has 5 N–H and O–H groups in total. The zero-order valence-electron chi connectivity index (χ0n) is 16.0. The lowest BCUT2D eigenvalue weighted by molar-refractivity contribution is -0.238. The molecule has 4 rings (SSSR count). The predicted octanol–water partition coefficient (Wildman–Crippen LogP) is 0.241. The first-order chi connectivity index (χ1) is 14.2. The van der Waals surface area contributed by atoms with Crippen LogP contribution >= 0.6 is 19.2 Å². The van der Waals surface area contributed by atoms with Crippen LogP contribution < -0.4 is 10.6 Å². The highest BCUT2D eigenvalue weighted by atomic mass is 35.5. The van der Waals surface area contributed by atoms with E-state index in [1.54, 1.807) is 16.8 Å². The van der Waals surface area contributed by atoms with Crippen molar-refractivity contribution in [1.82, 2.24) is 19.9 Å². The van der Waals surface area contributed by atoms with Crippen LogP contribution in [0.1, 0.15) is 12.6 Å². The molecule has 12 nitrogen and oxygen atoms in total. The van der Waals surface area contributed by atoms with Gasteiger partial charge in [0, 0.05) is 25.4 Å². The Morgan fingerprint density at radius 2 is 2.23 bits per heavy atom. The predicted molar refractivity (Wildman–Crippen MR) is 106 cm³/mol. The third-order valence-electron chi connectivity index (χ3n) is 4.98. The third-order valence-corrected chi connectivity index (χ3v) is 5.53. The van der Waals surface area contributed by atoms with Crippen LogP contribution in [0.2, 0.25) is 5.28 Å². The molecule has 2 aliphatic heterocycles. The highest BCUT2D eigenvalue weighted by Crippen LogP contribution is 2.38. The number of nitrogens with one attached hydrogen (secondary N) is 2. The molecule has 0 radical (unpaired) electrons. The quantitative estimate of drug-likeness (QED) is 0.165. The first kappa shape index (κ1) is 21.9. The molecule has 0 bridgehead atoms. The summed E-state index contributed by atoms with van der Waals surface area (Å²) in [6.07, 6.45) is -1.99. The van der Waals surface area contributed by atoms with Crippen molar-refractivity contribution in [2.45, 2.75) is 37.0 Å². The number of hydrogen-bond donors (Lipinski definition) is 5. The maximum absolute atomic E-state index is 11.1. The Labute approximate surface area is 176 Å². The minimum absolute atomic E-state index is 0.0267. The number of nitrogens with zero attached hydrogens (tertiary/aromatic N) is 3. The Morgan fingerprint density at radius 3 is 2.93 bits per heavy atom. The zero-order valence-corrected chi connectivity index (χ0v) is 17.7. The fourth-order valence-corrected chi connectivity index (χ4v) is 4.01. The number of anilines is 1. The van der Waals surface area contributed by atoms with E-state index < -0.39 is 32.1 Å². The van der Waals surface area contributed by atoms with E-state index in [4.69, 9.17) is 21.2 Å². The van der Waals surface area contributed by atoms with Crippen LogP contribution in [0.3, 0.4) is 0 Å². The lowest BCUT2D eigenvalue weighted by Gasteiger charge is -2.18. The van der Waals surface area contributed by atoms with Crippen molar-refractivity contribution in [3.63, 3.8) is 0 Å². The van der Waals surface area contributed by atoms with Gasteiger partial charge in [0.25, 0.3) is 0 Å². The minimum atomic E-state index is -3.85. The number of ether oxygens (including phenoxy) is 1. The van der Waals surface area contributed by atoms with Crippen LogP contribution in [0.4, 0.5) is 5.82 Å². The Morgan fingerprint density at radius 1 is 1.43 bits per heavy atom. The smallest absolute Gasteiger partial charge is 0.352 e. The van der Waals surface area contributed by atoms with Gasteiger partial charge < -0.3 is 35.0 Å². The number of aromatic nitrogens is 3. The summed E-state index contributed by atoms with van der Waals surface area (Å²) < 4.78 is 22.7. The number of aliphatic hydroxyl groups is 2. The van der Waals surface area contributed by atoms with Gasteiger partial charge in [-0.15, -0.1) is 4.67 Å². The van der Waals surface area contributed by atoms with Crippen LogP contribution in [0.5, 0.6) is 0 Å². The molecular weight excluding hydrogens is 441 g/mol. The summed E-state index contributed by atoms with van der Waals surface area (Å²) in [5.74, 6) is 0.570. The number of aliphatic hydroxyl groups excluding tert-OH is 2. The minimum Gasteiger partial charge on any atom is -0.387 e. The van der Waals surface area contributed by atoms with Crippen molar-refractivity contribution in [2.75, 3.05) is 31.7 Å². The Balaban J connectivity index is 1.55. The summed E-state index contributed by atoms with van der Waals surface area (Å²) in [6, 6.07) is 1.98. The molecule has 2 aliphatic rings. The van der Waals surface area contributed by atoms with Crippen molar-refractivity contribution >= 4 is 36.0 Å². The SMILES string of the molecule is CP(=O)(O)OOC[C@H]1O[C@@H](n2ccc3c(N[C@H]4CCNC4)nc(Cl)nc32)[C@H](O)[C@@H]1O. The standard InChI is InChI=1S/C16H23ClN5O7P/c1-30(25,26)29-27-7-10-11(23)12(24)15(28-10)22-5-3-9-13(19-8-2-4-18-6-8)20-16(17)21-14(9)22/h3,5,8,10-12,15,18,23-24H,2,4,6-7H2,1H3,(H,25,26)(H,19,20,21)/t8-,10+,11+,12+,15+/m0/s1. The molecule has 0 spiro atoms. The molecule has 2 saturated heterocycles. The van der Waals surface area contributed by atoms with E-state index in [9.17, 15) is 14.8 Å². The first-order valence-electron chi connectivity index (χ1n) is 9.37. The summed E-state index contributed by atoms with van der Waals surface area (Å²) in [6.45, 7) is 2.32. The summed E-state index contributed by atoms with van der Waals surface area (Å²) >= 11 is 6.12. The monoisotopic (exact) mass is 463 g/mol. The Bertz CT molecular complexity index is 949. The van der Waals surface area contributed by atoms with Crippen LogP contribution in [0.25, 0.3) is 11.0 Å². The van der Waals surface area contributed by atoms with Gasteiger partial charge in [0.15, 0.2) is 6.23 Å². The lowest BCUT2D eigenvalue weighted by Crippen LogP contribution is -2.33. The fraction of sp³-hybridized carbons (Fsp3) is 0.625. The maximum atomic E-state index is 11.1. The summed E-state index contributed by atoms with van der Waals surface area (Å²) in [5.41, 5.74) is 0.422. The molecule has 0 aromatic carbocycles. The van der Waals surface area contributed by atoms with Gasteiger partial charge in [-0.2, -0.15) is 4.98 Å². The van der Waals surface area contributed by atoms with Crippen molar-refractivity contribution in [2.24, 2.45) is 0 Å². The van der Waals surface area contributed by atoms with Gasteiger partial charge in [0.05, 0.1) is 5.39 Å². The van der Waals surface area contributed by atoms with Crippen LogP contribution in [0.15, 0.2) is 12.3 Å². The normalized spacial score (nSPS) is 31.3. The lowest BCUT2D eigenvalue weighted by atomic mass is 10.1. The molecule has 2 aromatic rings. The Kier molecular flexibility index (Phi) is 6.31. The zero-order chi connectivity index (χ0) is 21.5. The second-order valence-electron chi connectivity index (χ2n) is 7.34. The molecule has 2 fully saturated rings. The number of hydrogen-bond acceptors (Lipinski definition) is 10. The van der Waals surface area contributed by atoms with E-state index in [-0.39, 0.29) is 17.9 Å². The summed E-state index contributed by atoms with van der Waals surface area (Å²) in [7, 11) is -3.85. The molecule has 0 aliphatic carbocycles. The van der Waals surface area contributed by atoms with E-state index in [0.29, 0.717) is 16.9 Å². The van der Waals surface area contributed by atoms with Gasteiger partial charge >= 0.3 is 7.60 Å². The first-order valence-corrected chi connectivity index (χ1v) is 11.8. The van der Waals surface area contributed by atoms with Crippen molar-refractivity contribution in [1.29, 1.82) is 0 Å². The van der Waals surface area contributed by atoms with Crippen LogP contribution in [-0.4, -0.2) is 80.4 Å². The summed E-state index contributed by atoms with van der Waals surface area (Å²) in [5, 5.41) is 28.1. The molecule has 4 heterocycles. The average molecular weight is 464 g/mol. The molecule has 166 valence electrons. The van der Waals surface area contributed by atoms with Gasteiger partial charge in [-0.3, -0.25) is 4.57 Å². The van der Waals surface area contributed by atoms with E-state index in [0.717, 1.165) is 26.2 Å². The van der Waals surface area contributed by atoms with Crippen molar-refractivity contribution < 1.29 is 34.0 Å². The average Bonchev–Trinajstić information content (AvgIpc) is 3.37. The van der Waals surface area contributed by atoms with Gasteiger partial charge in [0.1, 0.15) is 36.4 Å². The second-order valence-corrected chi connectivity index (χ2v) is 9.44. The maximum Gasteiger partial charge on any atom is 0.352 e. The number of halogens is 1. The molecule has 14 heteroatoms. The van der Waals surface area contributed by atoms with Gasteiger partial charge in [-0.05, 0) is 30.6 Å². The van der Waals surface area contributed by atoms with E-state index in [1.165, 1.54) is 0 Å². The molecular formula is C16H23ClN5O7P. The number of rotatable bonds is 7. The number of fused-ring (bicyclic) bond motifs is 1. The van der Waals surface area contributed by atoms with Gasteiger partial charge in [0.2, 0.25) is 5.28 Å². The van der Waals surface area contributed by atoms with Crippen molar-refractivity contribution in [3.05, 3.63) is 17.5 Å². The highest BCUT2D eigenvalue weighted by Gasteiger charge is 2.44. The van der Waals surface area contributed by atoms with E-state index >= 15 is 0 Å². The summed E-state index contributed by atoms with van der Waals surface area (Å²) in [4.78, 5) is 22.3. The van der Waals surface area contributed by atoms with E-state index in [2.05, 4.69) is 30.2 Å². The molecule has 30 heavy (non-hydrogen) atoms. The molecule has 6 atom stereocenters. The molecule has 1 unspecified atom stereocenters. The second kappa shape index (κ2) is 8.65. The molecule has 0 saturated carbocycles. The van der Waals surface area contributed by atoms with Crippen LogP contribution in [-0.2, 0) is 18.9 Å². The third kappa shape index (κ3) is 4.62. The van der Waals surface area contributed by atoms with Gasteiger partial charge in [-0.25, -0.2) is 9.87 Å². The van der Waals surface area contributed by atoms with E-state index in [1.807, 2.05) is 0 Å². The highest BCUT2D eigenvalue weighted by molar-refractivity contribution is 7.51. The van der Waals surface area contributed by atoms with Crippen LogP contribution in [0, 0.1) is 0 Å². The molecule has 2 aromatic heterocycles.